The molecule has 32 heavy (non-hydrogen) atoms. The molecule has 1 aromatic heterocycles. The largest absolute Gasteiger partial charge is 0.354 e. The number of carbonyl (C=O) groups excluding carboxylic acids is 1. The number of para-hydroxylation sites is 1. The van der Waals surface area contributed by atoms with Crippen LogP contribution in [0.25, 0.3) is 32.9 Å². The number of amides is 1. The maximum absolute atomic E-state index is 12.8. The fourth-order valence-corrected chi connectivity index (χ4v) is 5.08. The van der Waals surface area contributed by atoms with Crippen LogP contribution in [-0.2, 0) is 0 Å². The molecule has 0 saturated heterocycles. The third-order valence-electron chi connectivity index (χ3n) is 5.67. The van der Waals surface area contributed by atoms with E-state index < -0.39 is 0 Å². The van der Waals surface area contributed by atoms with Gasteiger partial charge >= 0.3 is 0 Å². The van der Waals surface area contributed by atoms with Crippen molar-refractivity contribution in [3.63, 3.8) is 0 Å². The Kier molecular flexibility index (Phi) is 5.70. The summed E-state index contributed by atoms with van der Waals surface area (Å²) in [5.41, 5.74) is 5.41. The van der Waals surface area contributed by atoms with E-state index in [0.717, 1.165) is 33.3 Å². The van der Waals surface area contributed by atoms with Crippen LogP contribution in [0.5, 0.6) is 0 Å². The molecule has 0 aliphatic carbocycles. The number of aryl methyl sites for hydroxylation is 1. The molecule has 158 valence electrons. The highest BCUT2D eigenvalue weighted by atomic mass is 32.2. The lowest BCUT2D eigenvalue weighted by molar-refractivity contribution is 0.0958. The quantitative estimate of drug-likeness (QED) is 0.227. The van der Waals surface area contributed by atoms with Gasteiger partial charge in [-0.15, -0.1) is 11.8 Å². The van der Waals surface area contributed by atoms with Crippen molar-refractivity contribution in [1.82, 2.24) is 10.3 Å². The molecule has 0 saturated carbocycles. The number of thioether (sulfide) groups is 1. The molecular formula is C28H24N2OS. The van der Waals surface area contributed by atoms with Crippen LogP contribution in [-0.4, -0.2) is 23.2 Å². The summed E-state index contributed by atoms with van der Waals surface area (Å²) < 4.78 is 0. The van der Waals surface area contributed by atoms with Crippen LogP contribution in [0.4, 0.5) is 0 Å². The van der Waals surface area contributed by atoms with Crippen molar-refractivity contribution in [3.8, 4) is 11.3 Å². The van der Waals surface area contributed by atoms with E-state index in [9.17, 15) is 4.79 Å². The van der Waals surface area contributed by atoms with Gasteiger partial charge in [0.25, 0.3) is 5.91 Å². The highest BCUT2D eigenvalue weighted by molar-refractivity contribution is 7.99. The monoisotopic (exact) mass is 436 g/mol. The molecule has 0 aliphatic heterocycles. The highest BCUT2D eigenvalue weighted by Gasteiger charge is 2.14. The van der Waals surface area contributed by atoms with Gasteiger partial charge in [0.15, 0.2) is 0 Å². The van der Waals surface area contributed by atoms with Crippen molar-refractivity contribution in [1.29, 1.82) is 0 Å². The Morgan fingerprint density at radius 2 is 1.56 bits per heavy atom. The van der Waals surface area contributed by atoms with E-state index in [-0.39, 0.29) is 5.91 Å². The number of hydrogen-bond donors (Lipinski definition) is 2. The van der Waals surface area contributed by atoms with E-state index in [1.165, 1.54) is 21.4 Å². The number of aromatic amines is 1. The Bertz CT molecular complexity index is 1400. The summed E-state index contributed by atoms with van der Waals surface area (Å²) in [5.74, 6) is 0.761. The molecule has 0 fully saturated rings. The number of hydrogen-bond acceptors (Lipinski definition) is 2. The van der Waals surface area contributed by atoms with Gasteiger partial charge in [0.2, 0.25) is 0 Å². The molecule has 4 heteroatoms. The van der Waals surface area contributed by atoms with Crippen LogP contribution in [0, 0.1) is 6.92 Å². The van der Waals surface area contributed by atoms with Crippen LogP contribution in [0.3, 0.4) is 0 Å². The number of H-pyrrole nitrogens is 1. The summed E-state index contributed by atoms with van der Waals surface area (Å²) in [7, 11) is 0. The zero-order valence-corrected chi connectivity index (χ0v) is 18.7. The fourth-order valence-electron chi connectivity index (χ4n) is 4.03. The Balaban J connectivity index is 1.33. The number of fused-ring (bicyclic) bond motifs is 2. The van der Waals surface area contributed by atoms with Crippen LogP contribution in [0.1, 0.15) is 15.9 Å². The van der Waals surface area contributed by atoms with Gasteiger partial charge in [-0.1, -0.05) is 84.4 Å². The van der Waals surface area contributed by atoms with Gasteiger partial charge in [-0.25, -0.2) is 0 Å². The number of carbonyl (C=O) groups is 1. The first-order valence-corrected chi connectivity index (χ1v) is 11.8. The summed E-state index contributed by atoms with van der Waals surface area (Å²) in [4.78, 5) is 17.6. The lowest BCUT2D eigenvalue weighted by Gasteiger charge is -2.09. The van der Waals surface area contributed by atoms with Crippen LogP contribution in [0.2, 0.25) is 0 Å². The number of aromatic nitrogens is 1. The Labute approximate surface area is 191 Å². The van der Waals surface area contributed by atoms with Gasteiger partial charge in [0.1, 0.15) is 0 Å². The highest BCUT2D eigenvalue weighted by Crippen LogP contribution is 2.37. The van der Waals surface area contributed by atoms with Gasteiger partial charge in [-0.2, -0.15) is 0 Å². The second-order valence-corrected chi connectivity index (χ2v) is 8.98. The van der Waals surface area contributed by atoms with E-state index in [0.29, 0.717) is 6.54 Å². The van der Waals surface area contributed by atoms with Gasteiger partial charge < -0.3 is 10.3 Å². The Hall–Kier alpha value is -3.50. The van der Waals surface area contributed by atoms with Crippen molar-refractivity contribution >= 4 is 39.3 Å². The molecular weight excluding hydrogens is 412 g/mol. The summed E-state index contributed by atoms with van der Waals surface area (Å²) in [6.45, 7) is 2.70. The van der Waals surface area contributed by atoms with E-state index in [1.54, 1.807) is 11.8 Å². The average molecular weight is 437 g/mol. The van der Waals surface area contributed by atoms with Gasteiger partial charge in [-0.05, 0) is 35.4 Å². The third-order valence-corrected chi connectivity index (χ3v) is 6.79. The topological polar surface area (TPSA) is 44.9 Å². The van der Waals surface area contributed by atoms with E-state index in [4.69, 9.17) is 0 Å². The third kappa shape index (κ3) is 4.02. The smallest absolute Gasteiger partial charge is 0.251 e. The van der Waals surface area contributed by atoms with Crippen molar-refractivity contribution in [2.45, 2.75) is 11.8 Å². The molecule has 1 heterocycles. The Morgan fingerprint density at radius 3 is 2.41 bits per heavy atom. The minimum absolute atomic E-state index is 0.0277. The van der Waals surface area contributed by atoms with Crippen LogP contribution < -0.4 is 5.32 Å². The standard InChI is InChI=1S/C28H24N2OS/c1-19-13-15-21(16-14-19)26-27(24-10-4-5-12-25(24)30-26)32-18-17-29-28(31)23-11-6-8-20-7-2-3-9-22(20)23/h2-16,30H,17-18H2,1H3,(H,29,31). The van der Waals surface area contributed by atoms with Crippen molar-refractivity contribution in [2.24, 2.45) is 0 Å². The van der Waals surface area contributed by atoms with Gasteiger partial charge in [-0.3, -0.25) is 4.79 Å². The molecule has 0 spiro atoms. The lowest BCUT2D eigenvalue weighted by Crippen LogP contribution is -2.25. The number of nitrogens with one attached hydrogen (secondary N) is 2. The predicted octanol–water partition coefficient (Wildman–Crippen LogP) is 6.82. The predicted molar refractivity (Wildman–Crippen MR) is 135 cm³/mol. The van der Waals surface area contributed by atoms with E-state index in [2.05, 4.69) is 65.8 Å². The second-order valence-electron chi connectivity index (χ2n) is 7.87. The van der Waals surface area contributed by atoms with Gasteiger partial charge in [0, 0.05) is 33.7 Å². The maximum atomic E-state index is 12.8. The lowest BCUT2D eigenvalue weighted by atomic mass is 10.0. The first kappa shape index (κ1) is 20.4. The normalized spacial score (nSPS) is 11.2. The molecule has 5 aromatic rings. The minimum Gasteiger partial charge on any atom is -0.354 e. The molecule has 4 aromatic carbocycles. The summed E-state index contributed by atoms with van der Waals surface area (Å²) >= 11 is 1.78. The first-order chi connectivity index (χ1) is 15.7. The fraction of sp³-hybridized carbons (Fsp3) is 0.107. The summed E-state index contributed by atoms with van der Waals surface area (Å²) in [6, 6.07) is 30.8. The molecule has 1 amide bonds. The maximum Gasteiger partial charge on any atom is 0.251 e. The van der Waals surface area contributed by atoms with Crippen molar-refractivity contribution in [2.75, 3.05) is 12.3 Å². The second kappa shape index (κ2) is 8.93. The SMILES string of the molecule is Cc1ccc(-c2[nH]c3ccccc3c2SCCNC(=O)c2cccc3ccccc23)cc1. The number of rotatable bonds is 6. The molecule has 5 rings (SSSR count). The van der Waals surface area contributed by atoms with Gasteiger partial charge in [0.05, 0.1) is 5.69 Å². The van der Waals surface area contributed by atoms with Crippen LogP contribution in [0.15, 0.2) is 95.9 Å². The molecule has 0 radical (unpaired) electrons. The molecule has 0 unspecified atom stereocenters. The van der Waals surface area contributed by atoms with Crippen LogP contribution >= 0.6 is 11.8 Å². The zero-order valence-electron chi connectivity index (χ0n) is 17.9. The molecule has 0 bridgehead atoms. The zero-order chi connectivity index (χ0) is 21.9. The minimum atomic E-state index is -0.0277. The molecule has 0 aliphatic rings. The molecule has 3 nitrogen and oxygen atoms in total. The summed E-state index contributed by atoms with van der Waals surface area (Å²) in [6.07, 6.45) is 0. The first-order valence-electron chi connectivity index (χ1n) is 10.8. The summed E-state index contributed by atoms with van der Waals surface area (Å²) in [5, 5.41) is 6.38. The number of benzene rings is 4. The van der Waals surface area contributed by atoms with E-state index in [1.807, 2.05) is 42.5 Å². The Morgan fingerprint density at radius 1 is 0.844 bits per heavy atom. The molecule has 2 N–H and O–H groups in total. The average Bonchev–Trinajstić information content (AvgIpc) is 3.20. The van der Waals surface area contributed by atoms with E-state index >= 15 is 0 Å². The van der Waals surface area contributed by atoms with Crippen molar-refractivity contribution < 1.29 is 4.79 Å². The molecule has 0 atom stereocenters. The van der Waals surface area contributed by atoms with Crippen molar-refractivity contribution in [3.05, 3.63) is 102 Å².